The Labute approximate surface area is 408 Å². The van der Waals surface area contributed by atoms with Gasteiger partial charge in [0.05, 0.1) is 137 Å². The van der Waals surface area contributed by atoms with Gasteiger partial charge < -0.3 is 77.6 Å². The van der Waals surface area contributed by atoms with Crippen molar-refractivity contribution in [1.82, 2.24) is 40.1 Å². The Bertz CT molecular complexity index is 2140. The molecule has 0 spiro atoms. The molecule has 1 amide bonds. The number of carbonyl (C=O) groups is 1. The van der Waals surface area contributed by atoms with Gasteiger partial charge in [-0.15, -0.1) is 5.10 Å². The van der Waals surface area contributed by atoms with E-state index in [4.69, 9.17) is 80.4 Å². The summed E-state index contributed by atoms with van der Waals surface area (Å²) in [5.74, 6) is 0.316. The fraction of sp³-hybridized carbons (Fsp3) is 0.659. The van der Waals surface area contributed by atoms with Gasteiger partial charge in [-0.1, -0.05) is 35.0 Å². The third-order valence-electron chi connectivity index (χ3n) is 9.80. The number of halogens is 2. The van der Waals surface area contributed by atoms with Crippen molar-refractivity contribution in [2.45, 2.75) is 51.2 Å². The van der Waals surface area contributed by atoms with E-state index in [0.717, 1.165) is 5.56 Å². The van der Waals surface area contributed by atoms with E-state index in [9.17, 15) is 19.6 Å². The van der Waals surface area contributed by atoms with E-state index in [1.165, 1.54) is 17.8 Å². The average Bonchev–Trinajstić information content (AvgIpc) is 4.03. The molecule has 28 heteroatoms. The Morgan fingerprint density at radius 3 is 2.06 bits per heavy atom. The molecule has 1 aliphatic heterocycles. The molecule has 25 nitrogen and oxygen atoms in total. The zero-order chi connectivity index (χ0) is 49.3. The number of hydrogen-bond donors (Lipinski definition) is 5. The van der Waals surface area contributed by atoms with Crippen LogP contribution in [0.1, 0.15) is 24.4 Å². The summed E-state index contributed by atoms with van der Waals surface area (Å²) in [4.78, 5) is 39.8. The summed E-state index contributed by atoms with van der Waals surface area (Å²) in [5, 5.41) is 37.7. The predicted octanol–water partition coefficient (Wildman–Crippen LogP) is 0.971. The van der Waals surface area contributed by atoms with E-state index in [0.29, 0.717) is 147 Å². The monoisotopic (exact) mass is 1040 g/mol. The topological polar surface area (TPSA) is 297 Å². The lowest BCUT2D eigenvalue weighted by molar-refractivity contribution is -0.119. The molecule has 5 rings (SSSR count). The van der Waals surface area contributed by atoms with E-state index in [1.54, 1.807) is 16.9 Å². The van der Waals surface area contributed by atoms with E-state index < -0.39 is 45.1 Å². The lowest BCUT2D eigenvalue weighted by Gasteiger charge is -2.25. The maximum Gasteiger partial charge on any atom is 0.350 e. The Morgan fingerprint density at radius 2 is 1.42 bits per heavy atom. The highest BCUT2D eigenvalue weighted by Gasteiger charge is 2.45. The van der Waals surface area contributed by atoms with Gasteiger partial charge in [-0.3, -0.25) is 9.36 Å². The molecule has 1 fully saturated rings. The first-order valence-corrected chi connectivity index (χ1v) is 24.7. The fourth-order valence-corrected chi connectivity index (χ4v) is 7.20. The number of ether oxygens (including phenoxy) is 10. The van der Waals surface area contributed by atoms with Crippen LogP contribution in [-0.2, 0) is 76.4 Å². The summed E-state index contributed by atoms with van der Waals surface area (Å²) in [7, 11) is -4.46. The average molecular weight is 1040 g/mol. The highest BCUT2D eigenvalue weighted by molar-refractivity contribution is 7.51. The van der Waals surface area contributed by atoms with Crippen LogP contribution in [0.15, 0.2) is 36.7 Å². The minimum Gasteiger partial charge on any atom is -0.387 e. The third kappa shape index (κ3) is 20.6. The SMILES string of the molecule is CC(=O)NCCOCCOCCOCCOCCn1cc(COCCOCCOCCOCCN(Cc2ccccc2Cl)c2nc(Cl)nc3c2cnn3[C@@H]2OC(COCP(=O)(O)O)[C@@H](O)[C@H]2O)nn1. The van der Waals surface area contributed by atoms with Crippen LogP contribution in [0, 0.1) is 0 Å². The molecule has 4 heterocycles. The van der Waals surface area contributed by atoms with E-state index >= 15 is 0 Å². The highest BCUT2D eigenvalue weighted by atomic mass is 35.5. The molecule has 4 aromatic rings. The summed E-state index contributed by atoms with van der Waals surface area (Å²) in [6.07, 6.45) is -2.89. The van der Waals surface area contributed by atoms with Crippen LogP contribution < -0.4 is 10.2 Å². The maximum absolute atomic E-state index is 11.2. The van der Waals surface area contributed by atoms with Crippen molar-refractivity contribution in [3.05, 3.63) is 58.2 Å². The van der Waals surface area contributed by atoms with Crippen molar-refractivity contribution in [3.63, 3.8) is 0 Å². The molecular weight excluding hydrogens is 976 g/mol. The molecule has 1 saturated heterocycles. The number of carbonyl (C=O) groups excluding carboxylic acids is 1. The summed E-state index contributed by atoms with van der Waals surface area (Å²) in [5.41, 5.74) is 1.69. The van der Waals surface area contributed by atoms with E-state index in [1.807, 2.05) is 23.1 Å². The van der Waals surface area contributed by atoms with Crippen molar-refractivity contribution >= 4 is 53.6 Å². The molecule has 1 unspecified atom stereocenters. The van der Waals surface area contributed by atoms with Crippen LogP contribution in [0.5, 0.6) is 0 Å². The number of amides is 1. The number of rotatable bonds is 37. The molecule has 0 aliphatic carbocycles. The normalized spacial score (nSPS) is 17.3. The Hall–Kier alpha value is -3.57. The summed E-state index contributed by atoms with van der Waals surface area (Å²) in [6, 6.07) is 7.35. The summed E-state index contributed by atoms with van der Waals surface area (Å²) in [6.45, 7) is 9.01. The first-order valence-electron chi connectivity index (χ1n) is 22.2. The number of hydrogen-bond acceptors (Lipinski definition) is 20. The van der Waals surface area contributed by atoms with E-state index in [2.05, 4.69) is 30.7 Å². The largest absolute Gasteiger partial charge is 0.387 e. The first-order chi connectivity index (χ1) is 33.4. The van der Waals surface area contributed by atoms with Crippen LogP contribution in [-0.4, -0.2) is 204 Å². The second-order valence-electron chi connectivity index (χ2n) is 15.2. The molecule has 1 aromatic carbocycles. The number of nitrogens with one attached hydrogen (secondary N) is 1. The molecular formula is C41H62Cl2N9O16P. The second-order valence-corrected chi connectivity index (χ2v) is 17.5. The van der Waals surface area contributed by atoms with Crippen molar-refractivity contribution in [2.24, 2.45) is 0 Å². The molecule has 3 aromatic heterocycles. The first kappa shape index (κ1) is 56.3. The number of aliphatic hydroxyl groups is 2. The lowest BCUT2D eigenvalue weighted by Crippen LogP contribution is -2.34. The van der Waals surface area contributed by atoms with Gasteiger partial charge in [0.1, 0.15) is 36.2 Å². The molecule has 0 saturated carbocycles. The smallest absolute Gasteiger partial charge is 0.350 e. The highest BCUT2D eigenvalue weighted by Crippen LogP contribution is 2.37. The van der Waals surface area contributed by atoms with E-state index in [-0.39, 0.29) is 23.4 Å². The Morgan fingerprint density at radius 1 is 0.812 bits per heavy atom. The quantitative estimate of drug-likeness (QED) is 0.0239. The second kappa shape index (κ2) is 31.0. The zero-order valence-corrected chi connectivity index (χ0v) is 40.7. The lowest BCUT2D eigenvalue weighted by atomic mass is 10.1. The zero-order valence-electron chi connectivity index (χ0n) is 38.3. The number of anilines is 1. The van der Waals surface area contributed by atoms with Crippen LogP contribution in [0.4, 0.5) is 5.82 Å². The standard InChI is InChI=1S/C41H62Cl2N9O16P/c1-30(53)44-6-9-59-12-15-62-18-19-64-17-14-61-11-8-51-26-32(48-49-51)27-66-23-22-65-21-20-63-16-13-60-10-7-50(25-31-4-2-3-5-34(31)42)38-33-24-45-52(39(33)47-41(43)46-38)40-37(55)36(54)35(68-40)28-67-29-69(56,57)58/h2-5,24,26,35-37,40,54-55H,6-23,25,27-29H2,1H3,(H,44,53)(H2,56,57,58)/t35?,36-,37-,40-/m1/s1. The van der Waals surface area contributed by atoms with Crippen LogP contribution in [0.3, 0.4) is 0 Å². The van der Waals surface area contributed by atoms with Crippen molar-refractivity contribution in [2.75, 3.05) is 130 Å². The molecule has 0 bridgehead atoms. The van der Waals surface area contributed by atoms with Gasteiger partial charge in [0.25, 0.3) is 0 Å². The van der Waals surface area contributed by atoms with Gasteiger partial charge in [0.15, 0.2) is 11.9 Å². The minimum atomic E-state index is -4.46. The molecule has 69 heavy (non-hydrogen) atoms. The third-order valence-corrected chi connectivity index (χ3v) is 10.9. The molecule has 0 radical (unpaired) electrons. The number of benzene rings is 1. The fourth-order valence-electron chi connectivity index (χ4n) is 6.51. The number of fused-ring (bicyclic) bond motifs is 1. The van der Waals surface area contributed by atoms with Crippen LogP contribution in [0.25, 0.3) is 11.0 Å². The van der Waals surface area contributed by atoms with Crippen molar-refractivity contribution in [1.29, 1.82) is 0 Å². The number of aliphatic hydroxyl groups excluding tert-OH is 2. The summed E-state index contributed by atoms with van der Waals surface area (Å²) < 4.78 is 69.8. The number of aromatic nitrogens is 7. The van der Waals surface area contributed by atoms with Gasteiger partial charge in [0, 0.05) is 31.6 Å². The molecule has 4 atom stereocenters. The van der Waals surface area contributed by atoms with Crippen LogP contribution >= 0.6 is 30.8 Å². The van der Waals surface area contributed by atoms with Gasteiger partial charge in [-0.2, -0.15) is 15.1 Å². The summed E-state index contributed by atoms with van der Waals surface area (Å²) >= 11 is 13.0. The van der Waals surface area contributed by atoms with Gasteiger partial charge in [-0.05, 0) is 23.2 Å². The Kier molecular flexibility index (Phi) is 25.3. The minimum absolute atomic E-state index is 0.0813. The molecule has 1 aliphatic rings. The molecule has 386 valence electrons. The maximum atomic E-state index is 11.2. The van der Waals surface area contributed by atoms with Crippen molar-refractivity contribution < 1.29 is 76.7 Å². The predicted molar refractivity (Wildman–Crippen MR) is 246 cm³/mol. The number of nitrogens with zero attached hydrogens (tertiary/aromatic N) is 8. The van der Waals surface area contributed by atoms with Gasteiger partial charge >= 0.3 is 7.60 Å². The van der Waals surface area contributed by atoms with Crippen molar-refractivity contribution in [3.8, 4) is 0 Å². The van der Waals surface area contributed by atoms with Crippen LogP contribution in [0.2, 0.25) is 10.3 Å². The molecule has 5 N–H and O–H groups in total. The van der Waals surface area contributed by atoms with Gasteiger partial charge in [0.2, 0.25) is 11.2 Å². The Balaban J connectivity index is 0.924. The van der Waals surface area contributed by atoms with Gasteiger partial charge in [-0.25, -0.2) is 9.36 Å².